The Hall–Kier alpha value is -3.58. The summed E-state index contributed by atoms with van der Waals surface area (Å²) >= 11 is 1.24. The lowest BCUT2D eigenvalue weighted by molar-refractivity contribution is 0.0989. The van der Waals surface area contributed by atoms with Crippen LogP contribution in [0.5, 0.6) is 11.5 Å². The second-order valence-electron chi connectivity index (χ2n) is 7.58. The van der Waals surface area contributed by atoms with E-state index in [0.717, 1.165) is 16.7 Å². The largest absolute Gasteiger partial charge is 0.497 e. The van der Waals surface area contributed by atoms with Gasteiger partial charge in [0, 0.05) is 11.6 Å². The molecule has 0 saturated carbocycles. The molecule has 4 rings (SSSR count). The molecule has 0 unspecified atom stereocenters. The van der Waals surface area contributed by atoms with Crippen LogP contribution < -0.4 is 9.47 Å². The molecule has 0 aliphatic carbocycles. The first-order valence-electron chi connectivity index (χ1n) is 10.4. The van der Waals surface area contributed by atoms with Gasteiger partial charge in [0.1, 0.15) is 16.7 Å². The van der Waals surface area contributed by atoms with E-state index in [4.69, 9.17) is 13.9 Å². The minimum atomic E-state index is -0.528. The SMILES string of the molecule is COc1ccc(-c2nnc(S[C@H](C(=O)c3ccc(C)cc3)c3ccc(C)cc3)o2)c(OC)c1. The van der Waals surface area contributed by atoms with Gasteiger partial charge in [-0.25, -0.2) is 0 Å². The van der Waals surface area contributed by atoms with E-state index in [2.05, 4.69) is 10.2 Å². The van der Waals surface area contributed by atoms with Gasteiger partial charge in [0.25, 0.3) is 11.1 Å². The lowest BCUT2D eigenvalue weighted by atomic mass is 10.0. The fraction of sp³-hybridized carbons (Fsp3) is 0.192. The topological polar surface area (TPSA) is 74.5 Å². The van der Waals surface area contributed by atoms with Gasteiger partial charge in [-0.05, 0) is 43.3 Å². The summed E-state index contributed by atoms with van der Waals surface area (Å²) in [5.74, 6) is 1.50. The third-order valence-corrected chi connectivity index (χ3v) is 6.31. The van der Waals surface area contributed by atoms with Crippen LogP contribution in [0.15, 0.2) is 76.4 Å². The van der Waals surface area contributed by atoms with Crippen LogP contribution in [0.2, 0.25) is 0 Å². The second kappa shape index (κ2) is 9.92. The molecule has 0 bridgehead atoms. The normalized spacial score (nSPS) is 11.8. The van der Waals surface area contributed by atoms with E-state index in [0.29, 0.717) is 33.7 Å². The number of thioether (sulfide) groups is 1. The number of rotatable bonds is 8. The summed E-state index contributed by atoms with van der Waals surface area (Å²) in [6.45, 7) is 4.01. The molecular formula is C26H24N2O4S. The molecule has 0 aliphatic heterocycles. The van der Waals surface area contributed by atoms with Crippen LogP contribution >= 0.6 is 11.8 Å². The van der Waals surface area contributed by atoms with Crippen molar-refractivity contribution in [3.63, 3.8) is 0 Å². The Balaban J connectivity index is 1.66. The van der Waals surface area contributed by atoms with Gasteiger partial charge in [-0.2, -0.15) is 0 Å². The van der Waals surface area contributed by atoms with Crippen LogP contribution in [-0.4, -0.2) is 30.2 Å². The maximum absolute atomic E-state index is 13.4. The number of hydrogen-bond acceptors (Lipinski definition) is 7. The van der Waals surface area contributed by atoms with Crippen molar-refractivity contribution in [2.75, 3.05) is 14.2 Å². The van der Waals surface area contributed by atoms with Gasteiger partial charge in [-0.1, -0.05) is 59.7 Å². The molecule has 7 heteroatoms. The van der Waals surface area contributed by atoms with Crippen LogP contribution in [0, 0.1) is 13.8 Å². The molecule has 6 nitrogen and oxygen atoms in total. The lowest BCUT2D eigenvalue weighted by Gasteiger charge is -2.14. The first-order valence-corrected chi connectivity index (χ1v) is 11.3. The first-order chi connectivity index (χ1) is 16.0. The zero-order valence-electron chi connectivity index (χ0n) is 18.9. The third-order valence-electron chi connectivity index (χ3n) is 5.22. The number of Topliss-reactive ketones (excluding diaryl/α,β-unsaturated/α-hetero) is 1. The van der Waals surface area contributed by atoms with Gasteiger partial charge >= 0.3 is 0 Å². The summed E-state index contributed by atoms with van der Waals surface area (Å²) in [4.78, 5) is 13.4. The Bertz CT molecular complexity index is 1250. The lowest BCUT2D eigenvalue weighted by Crippen LogP contribution is -2.10. The minimum Gasteiger partial charge on any atom is -0.497 e. The minimum absolute atomic E-state index is 0.0226. The van der Waals surface area contributed by atoms with Crippen LogP contribution in [0.1, 0.15) is 32.3 Å². The van der Waals surface area contributed by atoms with Gasteiger partial charge in [-0.3, -0.25) is 4.79 Å². The number of carbonyl (C=O) groups is 1. The van der Waals surface area contributed by atoms with Crippen LogP contribution in [0.4, 0.5) is 0 Å². The summed E-state index contributed by atoms with van der Waals surface area (Å²) in [5.41, 5.74) is 4.38. The van der Waals surface area contributed by atoms with Crippen molar-refractivity contribution in [2.45, 2.75) is 24.3 Å². The summed E-state index contributed by atoms with van der Waals surface area (Å²) in [5, 5.41) is 8.15. The Labute approximate surface area is 197 Å². The van der Waals surface area contributed by atoms with Crippen molar-refractivity contribution in [1.82, 2.24) is 10.2 Å². The number of methoxy groups -OCH3 is 2. The van der Waals surface area contributed by atoms with E-state index in [1.54, 1.807) is 32.4 Å². The predicted molar refractivity (Wildman–Crippen MR) is 128 cm³/mol. The van der Waals surface area contributed by atoms with E-state index in [1.165, 1.54) is 11.8 Å². The highest BCUT2D eigenvalue weighted by atomic mass is 32.2. The van der Waals surface area contributed by atoms with Crippen molar-refractivity contribution in [3.8, 4) is 23.0 Å². The molecule has 3 aromatic carbocycles. The summed E-state index contributed by atoms with van der Waals surface area (Å²) in [7, 11) is 3.16. The number of aryl methyl sites for hydroxylation is 2. The van der Waals surface area contributed by atoms with Gasteiger partial charge in [-0.15, -0.1) is 10.2 Å². The van der Waals surface area contributed by atoms with Crippen molar-refractivity contribution in [1.29, 1.82) is 0 Å². The molecule has 4 aromatic rings. The maximum Gasteiger partial charge on any atom is 0.277 e. The molecule has 168 valence electrons. The predicted octanol–water partition coefficient (Wildman–Crippen LogP) is 6.09. The summed E-state index contributed by atoms with van der Waals surface area (Å²) in [6.07, 6.45) is 0. The van der Waals surface area contributed by atoms with E-state index in [-0.39, 0.29) is 5.78 Å². The monoisotopic (exact) mass is 460 g/mol. The molecule has 0 N–H and O–H groups in total. The molecule has 0 radical (unpaired) electrons. The molecule has 0 spiro atoms. The highest BCUT2D eigenvalue weighted by Gasteiger charge is 2.26. The van der Waals surface area contributed by atoms with E-state index >= 15 is 0 Å². The summed E-state index contributed by atoms with van der Waals surface area (Å²) < 4.78 is 16.6. The van der Waals surface area contributed by atoms with Crippen molar-refractivity contribution in [3.05, 3.63) is 89.0 Å². The Kier molecular flexibility index (Phi) is 6.79. The van der Waals surface area contributed by atoms with Crippen LogP contribution in [0.25, 0.3) is 11.5 Å². The molecule has 0 amide bonds. The number of ketones is 1. The van der Waals surface area contributed by atoms with Gasteiger partial charge in [0.15, 0.2) is 5.78 Å². The smallest absolute Gasteiger partial charge is 0.277 e. The standard InChI is InChI=1S/C26H24N2O4S/c1-16-5-9-18(10-6-16)23(29)24(19-11-7-17(2)8-12-19)33-26-28-27-25(32-26)21-14-13-20(30-3)15-22(21)31-4/h5-15,24H,1-4H3/t24-/m0/s1. The van der Waals surface area contributed by atoms with Gasteiger partial charge < -0.3 is 13.9 Å². The molecule has 1 aromatic heterocycles. The van der Waals surface area contributed by atoms with Gasteiger partial charge in [0.05, 0.1) is 19.8 Å². The number of aromatic nitrogens is 2. The number of nitrogens with zero attached hydrogens (tertiary/aromatic N) is 2. The second-order valence-corrected chi connectivity index (χ2v) is 8.63. The quantitative estimate of drug-likeness (QED) is 0.233. The average molecular weight is 461 g/mol. The number of benzene rings is 3. The Morgan fingerprint density at radius 2 is 1.55 bits per heavy atom. The first kappa shape index (κ1) is 22.6. The zero-order chi connectivity index (χ0) is 23.4. The average Bonchev–Trinajstić information content (AvgIpc) is 3.31. The molecule has 0 saturated heterocycles. The van der Waals surface area contributed by atoms with E-state index in [1.807, 2.05) is 62.4 Å². The molecule has 0 fully saturated rings. The molecule has 1 atom stereocenters. The Morgan fingerprint density at radius 1 is 0.879 bits per heavy atom. The fourth-order valence-electron chi connectivity index (χ4n) is 3.33. The number of hydrogen-bond donors (Lipinski definition) is 0. The van der Waals surface area contributed by atoms with Gasteiger partial charge in [0.2, 0.25) is 0 Å². The highest BCUT2D eigenvalue weighted by Crippen LogP contribution is 2.39. The molecule has 1 heterocycles. The molecular weight excluding hydrogens is 436 g/mol. The zero-order valence-corrected chi connectivity index (χ0v) is 19.7. The Morgan fingerprint density at radius 3 is 2.18 bits per heavy atom. The van der Waals surface area contributed by atoms with Crippen LogP contribution in [0.3, 0.4) is 0 Å². The van der Waals surface area contributed by atoms with Crippen molar-refractivity contribution < 1.29 is 18.7 Å². The maximum atomic E-state index is 13.4. The van der Waals surface area contributed by atoms with Crippen molar-refractivity contribution >= 4 is 17.5 Å². The molecule has 0 aliphatic rings. The third kappa shape index (κ3) is 5.09. The highest BCUT2D eigenvalue weighted by molar-refractivity contribution is 8.00. The van der Waals surface area contributed by atoms with Crippen molar-refractivity contribution in [2.24, 2.45) is 0 Å². The fourth-order valence-corrected chi connectivity index (χ4v) is 4.28. The van der Waals surface area contributed by atoms with E-state index < -0.39 is 5.25 Å². The summed E-state index contributed by atoms with van der Waals surface area (Å²) in [6, 6.07) is 20.8. The number of carbonyl (C=O) groups excluding carboxylic acids is 1. The number of ether oxygens (including phenoxy) is 2. The van der Waals surface area contributed by atoms with E-state index in [9.17, 15) is 4.79 Å². The molecule has 33 heavy (non-hydrogen) atoms. The van der Waals surface area contributed by atoms with Crippen LogP contribution in [-0.2, 0) is 0 Å².